The first kappa shape index (κ1) is 15.9. The van der Waals surface area contributed by atoms with Crippen LogP contribution in [0.5, 0.6) is 0 Å². The van der Waals surface area contributed by atoms with Crippen LogP contribution in [0, 0.1) is 0 Å². The fraction of sp³-hybridized carbons (Fsp3) is 0.421. The van der Waals surface area contributed by atoms with Crippen molar-refractivity contribution in [3.63, 3.8) is 0 Å². The topological polar surface area (TPSA) is 61.4 Å². The van der Waals surface area contributed by atoms with Crippen molar-refractivity contribution >= 4 is 23.2 Å². The number of nitrogens with one attached hydrogen (secondary N) is 1. The molecule has 2 aromatic rings. The Labute approximate surface area is 147 Å². The van der Waals surface area contributed by atoms with E-state index in [0.717, 1.165) is 37.8 Å². The number of rotatable bonds is 4. The molecule has 4 heterocycles. The van der Waals surface area contributed by atoms with Gasteiger partial charge in [-0.1, -0.05) is 0 Å². The first-order valence-electron chi connectivity index (χ1n) is 9.03. The monoisotopic (exact) mass is 337 g/mol. The standard InChI is InChI=1S/C19H23N5O/c25-19(15-5-7-17(20-13-15)23-9-1-2-10-23)22-16-6-8-18(21-14-16)24-11-3-4-12-24/h5-8,13-14H,1-4,9-12H2,(H,22,25). The molecule has 2 aliphatic rings. The van der Waals surface area contributed by atoms with Gasteiger partial charge in [0.15, 0.2) is 0 Å². The Morgan fingerprint density at radius 2 is 1.36 bits per heavy atom. The maximum absolute atomic E-state index is 12.4. The highest BCUT2D eigenvalue weighted by atomic mass is 16.1. The summed E-state index contributed by atoms with van der Waals surface area (Å²) < 4.78 is 0. The summed E-state index contributed by atoms with van der Waals surface area (Å²) in [5, 5.41) is 2.89. The van der Waals surface area contributed by atoms with E-state index in [4.69, 9.17) is 0 Å². The normalized spacial score (nSPS) is 17.1. The summed E-state index contributed by atoms with van der Waals surface area (Å²) in [6.45, 7) is 4.22. The van der Waals surface area contributed by atoms with Gasteiger partial charge in [0, 0.05) is 32.4 Å². The first-order chi connectivity index (χ1) is 12.3. The van der Waals surface area contributed by atoms with Crippen molar-refractivity contribution in [2.45, 2.75) is 25.7 Å². The molecular formula is C19H23N5O. The van der Waals surface area contributed by atoms with Gasteiger partial charge in [-0.25, -0.2) is 9.97 Å². The second-order valence-corrected chi connectivity index (χ2v) is 6.65. The summed E-state index contributed by atoms with van der Waals surface area (Å²) >= 11 is 0. The van der Waals surface area contributed by atoms with Crippen LogP contribution in [0.15, 0.2) is 36.7 Å². The van der Waals surface area contributed by atoms with Crippen molar-refractivity contribution in [2.24, 2.45) is 0 Å². The molecule has 0 aliphatic carbocycles. The summed E-state index contributed by atoms with van der Waals surface area (Å²) in [7, 11) is 0. The molecule has 6 nitrogen and oxygen atoms in total. The fourth-order valence-corrected chi connectivity index (χ4v) is 3.45. The maximum Gasteiger partial charge on any atom is 0.257 e. The van der Waals surface area contributed by atoms with Crippen LogP contribution in [-0.4, -0.2) is 42.1 Å². The molecular weight excluding hydrogens is 314 g/mol. The third-order valence-corrected chi connectivity index (χ3v) is 4.88. The van der Waals surface area contributed by atoms with Gasteiger partial charge in [0.05, 0.1) is 17.4 Å². The molecule has 2 aromatic heterocycles. The Morgan fingerprint density at radius 1 is 0.800 bits per heavy atom. The summed E-state index contributed by atoms with van der Waals surface area (Å²) in [6.07, 6.45) is 8.24. The van der Waals surface area contributed by atoms with Crippen LogP contribution >= 0.6 is 0 Å². The number of hydrogen-bond acceptors (Lipinski definition) is 5. The quantitative estimate of drug-likeness (QED) is 0.929. The lowest BCUT2D eigenvalue weighted by molar-refractivity contribution is 0.102. The van der Waals surface area contributed by atoms with Crippen molar-refractivity contribution in [3.8, 4) is 0 Å². The summed E-state index contributed by atoms with van der Waals surface area (Å²) in [6, 6.07) is 7.64. The molecule has 0 aromatic carbocycles. The maximum atomic E-state index is 12.4. The van der Waals surface area contributed by atoms with Gasteiger partial charge in [0.25, 0.3) is 5.91 Å². The lowest BCUT2D eigenvalue weighted by atomic mass is 10.2. The first-order valence-corrected chi connectivity index (χ1v) is 9.03. The highest BCUT2D eigenvalue weighted by Crippen LogP contribution is 2.20. The van der Waals surface area contributed by atoms with Crippen LogP contribution in [0.25, 0.3) is 0 Å². The molecule has 1 amide bonds. The molecule has 2 saturated heterocycles. The van der Waals surface area contributed by atoms with E-state index < -0.39 is 0 Å². The minimum absolute atomic E-state index is 0.156. The van der Waals surface area contributed by atoms with E-state index in [-0.39, 0.29) is 5.91 Å². The molecule has 4 rings (SSSR count). The minimum Gasteiger partial charge on any atom is -0.357 e. The van der Waals surface area contributed by atoms with Gasteiger partial charge in [-0.05, 0) is 49.9 Å². The Morgan fingerprint density at radius 3 is 1.84 bits per heavy atom. The van der Waals surface area contributed by atoms with Crippen molar-refractivity contribution in [1.29, 1.82) is 0 Å². The van der Waals surface area contributed by atoms with Crippen molar-refractivity contribution in [1.82, 2.24) is 9.97 Å². The highest BCUT2D eigenvalue weighted by Gasteiger charge is 2.15. The molecule has 1 N–H and O–H groups in total. The SMILES string of the molecule is O=C(Nc1ccc(N2CCCC2)nc1)c1ccc(N2CCCC2)nc1. The largest absolute Gasteiger partial charge is 0.357 e. The van der Waals surface area contributed by atoms with E-state index in [1.807, 2.05) is 24.3 Å². The lowest BCUT2D eigenvalue weighted by Gasteiger charge is -2.17. The second kappa shape index (κ2) is 7.09. The molecule has 6 heteroatoms. The second-order valence-electron chi connectivity index (χ2n) is 6.65. The predicted octanol–water partition coefficient (Wildman–Crippen LogP) is 2.93. The van der Waals surface area contributed by atoms with Gasteiger partial charge in [0.2, 0.25) is 0 Å². The molecule has 0 spiro atoms. The summed E-state index contributed by atoms with van der Waals surface area (Å²) in [5.74, 6) is 1.77. The van der Waals surface area contributed by atoms with Crippen LogP contribution < -0.4 is 15.1 Å². The number of pyridine rings is 2. The van der Waals surface area contributed by atoms with E-state index in [2.05, 4.69) is 25.1 Å². The van der Waals surface area contributed by atoms with E-state index in [9.17, 15) is 4.79 Å². The Hall–Kier alpha value is -2.63. The van der Waals surface area contributed by atoms with Gasteiger partial charge in [0.1, 0.15) is 11.6 Å². The number of nitrogens with zero attached hydrogens (tertiary/aromatic N) is 4. The molecule has 0 atom stereocenters. The molecule has 2 fully saturated rings. The number of carbonyl (C=O) groups is 1. The van der Waals surface area contributed by atoms with Crippen LogP contribution in [-0.2, 0) is 0 Å². The number of amides is 1. The predicted molar refractivity (Wildman–Crippen MR) is 99.3 cm³/mol. The van der Waals surface area contributed by atoms with Crippen LogP contribution in [0.2, 0.25) is 0 Å². The number of carbonyl (C=O) groups excluding carboxylic acids is 1. The van der Waals surface area contributed by atoms with E-state index in [1.165, 1.54) is 25.7 Å². The Balaban J connectivity index is 1.39. The van der Waals surface area contributed by atoms with Gasteiger partial charge in [-0.2, -0.15) is 0 Å². The van der Waals surface area contributed by atoms with Crippen LogP contribution in [0.1, 0.15) is 36.0 Å². The summed E-state index contributed by atoms with van der Waals surface area (Å²) in [5.41, 5.74) is 1.27. The molecule has 0 saturated carbocycles. The molecule has 0 radical (unpaired) electrons. The summed E-state index contributed by atoms with van der Waals surface area (Å²) in [4.78, 5) is 25.8. The van der Waals surface area contributed by atoms with Gasteiger partial charge >= 0.3 is 0 Å². The van der Waals surface area contributed by atoms with Gasteiger partial charge in [-0.3, -0.25) is 4.79 Å². The zero-order valence-corrected chi connectivity index (χ0v) is 14.3. The molecule has 25 heavy (non-hydrogen) atoms. The van der Waals surface area contributed by atoms with Gasteiger partial charge < -0.3 is 15.1 Å². The average molecular weight is 337 g/mol. The molecule has 0 unspecified atom stereocenters. The molecule has 0 bridgehead atoms. The third kappa shape index (κ3) is 3.57. The van der Waals surface area contributed by atoms with Crippen LogP contribution in [0.3, 0.4) is 0 Å². The lowest BCUT2D eigenvalue weighted by Crippen LogP contribution is -2.20. The number of anilines is 3. The number of hydrogen-bond donors (Lipinski definition) is 1. The zero-order chi connectivity index (χ0) is 17.1. The highest BCUT2D eigenvalue weighted by molar-refractivity contribution is 6.04. The van der Waals surface area contributed by atoms with E-state index in [0.29, 0.717) is 11.3 Å². The van der Waals surface area contributed by atoms with E-state index in [1.54, 1.807) is 12.4 Å². The molecule has 130 valence electrons. The third-order valence-electron chi connectivity index (χ3n) is 4.88. The fourth-order valence-electron chi connectivity index (χ4n) is 3.45. The number of aromatic nitrogens is 2. The van der Waals surface area contributed by atoms with Crippen molar-refractivity contribution < 1.29 is 4.79 Å². The Kier molecular flexibility index (Phi) is 4.50. The van der Waals surface area contributed by atoms with Crippen molar-refractivity contribution in [3.05, 3.63) is 42.2 Å². The van der Waals surface area contributed by atoms with Gasteiger partial charge in [-0.15, -0.1) is 0 Å². The zero-order valence-electron chi connectivity index (χ0n) is 14.3. The van der Waals surface area contributed by atoms with Crippen LogP contribution in [0.4, 0.5) is 17.3 Å². The average Bonchev–Trinajstić information content (AvgIpc) is 3.36. The molecule has 2 aliphatic heterocycles. The minimum atomic E-state index is -0.156. The smallest absolute Gasteiger partial charge is 0.257 e. The Bertz CT molecular complexity index is 716. The van der Waals surface area contributed by atoms with Crippen molar-refractivity contribution in [2.75, 3.05) is 41.3 Å². The van der Waals surface area contributed by atoms with E-state index >= 15 is 0 Å².